The van der Waals surface area contributed by atoms with E-state index in [1.807, 2.05) is 37.3 Å². The van der Waals surface area contributed by atoms with E-state index in [1.54, 1.807) is 36.4 Å². The highest BCUT2D eigenvalue weighted by molar-refractivity contribution is 6.31. The van der Waals surface area contributed by atoms with Gasteiger partial charge in [0.05, 0.1) is 12.7 Å². The van der Waals surface area contributed by atoms with E-state index in [4.69, 9.17) is 16.3 Å². The van der Waals surface area contributed by atoms with Crippen molar-refractivity contribution in [2.24, 2.45) is 0 Å². The van der Waals surface area contributed by atoms with Crippen molar-refractivity contribution in [1.82, 2.24) is 15.1 Å². The van der Waals surface area contributed by atoms with Crippen LogP contribution in [-0.4, -0.2) is 40.5 Å². The van der Waals surface area contributed by atoms with E-state index in [0.717, 1.165) is 15.8 Å². The molecular weight excluding hydrogens is 556 g/mol. The number of methoxy groups -OCH3 is 1. The van der Waals surface area contributed by atoms with Gasteiger partial charge in [0.2, 0.25) is 11.8 Å². The maximum absolute atomic E-state index is 13.8. The number of aromatic nitrogens is 2. The molecule has 0 aliphatic carbocycles. The van der Waals surface area contributed by atoms with Gasteiger partial charge in [-0.2, -0.15) is 0 Å². The fourth-order valence-corrected chi connectivity index (χ4v) is 5.34. The average molecular weight is 585 g/mol. The van der Waals surface area contributed by atoms with Crippen molar-refractivity contribution in [3.8, 4) is 17.0 Å². The number of Topliss-reactive ketones (excluding diaryl/α,β-unsaturated/α-hetero) is 1. The largest absolute Gasteiger partial charge is 0.480 e. The van der Waals surface area contributed by atoms with Crippen LogP contribution >= 0.6 is 11.6 Å². The van der Waals surface area contributed by atoms with Crippen LogP contribution in [0.4, 0.5) is 5.69 Å². The van der Waals surface area contributed by atoms with E-state index in [1.165, 1.54) is 20.1 Å². The number of anilines is 1. The number of hydrogen-bond donors (Lipinski definition) is 2. The Bertz CT molecular complexity index is 1750. The van der Waals surface area contributed by atoms with E-state index >= 15 is 0 Å². The second-order valence-electron chi connectivity index (χ2n) is 10.2. The Balaban J connectivity index is 1.56. The Kier molecular flexibility index (Phi) is 8.22. The molecule has 42 heavy (non-hydrogen) atoms. The summed E-state index contributed by atoms with van der Waals surface area (Å²) < 4.78 is 6.65. The SMILES string of the molecule is COc1nn([C@@H](Cc2ccccc2)C(=O)Nc2ccc3c(c2)CC(C)NC3=O)c(=O)cc1-c1cc(Cl)ccc1C(C)=O. The monoisotopic (exact) mass is 584 g/mol. The second kappa shape index (κ2) is 12.0. The first kappa shape index (κ1) is 28.8. The van der Waals surface area contributed by atoms with Crippen LogP contribution in [0, 0.1) is 0 Å². The molecular formula is C32H29ClN4O5. The van der Waals surface area contributed by atoms with Gasteiger partial charge in [-0.1, -0.05) is 41.9 Å². The van der Waals surface area contributed by atoms with Crippen molar-refractivity contribution >= 4 is 34.9 Å². The average Bonchev–Trinajstić information content (AvgIpc) is 2.96. The van der Waals surface area contributed by atoms with Crippen LogP contribution in [0.1, 0.15) is 51.7 Å². The summed E-state index contributed by atoms with van der Waals surface area (Å²) in [6.07, 6.45) is 0.798. The van der Waals surface area contributed by atoms with E-state index in [2.05, 4.69) is 15.7 Å². The summed E-state index contributed by atoms with van der Waals surface area (Å²) in [6, 6.07) is 19.4. The van der Waals surface area contributed by atoms with Gasteiger partial charge in [-0.05, 0) is 73.4 Å². The predicted molar refractivity (Wildman–Crippen MR) is 160 cm³/mol. The minimum absolute atomic E-state index is 0.0291. The third-order valence-corrected chi connectivity index (χ3v) is 7.39. The highest BCUT2D eigenvalue weighted by Crippen LogP contribution is 2.33. The minimum Gasteiger partial charge on any atom is -0.480 e. The zero-order valence-corrected chi connectivity index (χ0v) is 24.1. The molecule has 0 fully saturated rings. The Labute approximate surface area is 247 Å². The third-order valence-electron chi connectivity index (χ3n) is 7.16. The van der Waals surface area contributed by atoms with Gasteiger partial charge in [0.1, 0.15) is 6.04 Å². The molecule has 0 saturated heterocycles. The van der Waals surface area contributed by atoms with Crippen LogP contribution in [0.25, 0.3) is 11.1 Å². The minimum atomic E-state index is -1.05. The number of carbonyl (C=O) groups is 3. The molecule has 2 N–H and O–H groups in total. The summed E-state index contributed by atoms with van der Waals surface area (Å²) in [4.78, 5) is 52.1. The molecule has 1 unspecified atom stereocenters. The van der Waals surface area contributed by atoms with Gasteiger partial charge in [0.15, 0.2) is 5.78 Å². The Morgan fingerprint density at radius 2 is 1.81 bits per heavy atom. The molecule has 2 heterocycles. The third kappa shape index (κ3) is 5.96. The van der Waals surface area contributed by atoms with Crippen LogP contribution in [0.15, 0.2) is 77.6 Å². The Morgan fingerprint density at radius 3 is 2.52 bits per heavy atom. The molecule has 2 atom stereocenters. The summed E-state index contributed by atoms with van der Waals surface area (Å²) in [5.41, 5.74) is 3.19. The molecule has 9 nitrogen and oxygen atoms in total. The van der Waals surface area contributed by atoms with Gasteiger partial charge >= 0.3 is 0 Å². The molecule has 0 spiro atoms. The molecule has 10 heteroatoms. The zero-order chi connectivity index (χ0) is 30.0. The normalized spacial score (nSPS) is 14.9. The quantitative estimate of drug-likeness (QED) is 0.285. The summed E-state index contributed by atoms with van der Waals surface area (Å²) >= 11 is 6.23. The number of hydrogen-bond acceptors (Lipinski definition) is 6. The maximum atomic E-state index is 13.8. The Hall–Kier alpha value is -4.76. The van der Waals surface area contributed by atoms with Gasteiger partial charge in [-0.3, -0.25) is 19.2 Å². The van der Waals surface area contributed by atoms with Gasteiger partial charge < -0.3 is 15.4 Å². The second-order valence-corrected chi connectivity index (χ2v) is 10.7. The fourth-order valence-electron chi connectivity index (χ4n) is 5.16. The molecule has 0 radical (unpaired) electrons. The smallest absolute Gasteiger partial charge is 0.268 e. The van der Waals surface area contributed by atoms with Crippen molar-refractivity contribution in [2.75, 3.05) is 12.4 Å². The van der Waals surface area contributed by atoms with Crippen molar-refractivity contribution in [3.63, 3.8) is 0 Å². The first-order valence-corrected chi connectivity index (χ1v) is 13.8. The van der Waals surface area contributed by atoms with Gasteiger partial charge in [0, 0.05) is 40.4 Å². The summed E-state index contributed by atoms with van der Waals surface area (Å²) in [6.45, 7) is 3.34. The zero-order valence-electron chi connectivity index (χ0n) is 23.3. The molecule has 1 aromatic heterocycles. The number of nitrogens with one attached hydrogen (secondary N) is 2. The van der Waals surface area contributed by atoms with Gasteiger partial charge in [-0.25, -0.2) is 4.68 Å². The number of nitrogens with zero attached hydrogens (tertiary/aromatic N) is 2. The molecule has 1 aliphatic rings. The first-order valence-electron chi connectivity index (χ1n) is 13.4. The van der Waals surface area contributed by atoms with Crippen LogP contribution in [0.3, 0.4) is 0 Å². The highest BCUT2D eigenvalue weighted by atomic mass is 35.5. The van der Waals surface area contributed by atoms with Crippen molar-refractivity contribution in [1.29, 1.82) is 0 Å². The van der Waals surface area contributed by atoms with E-state index in [0.29, 0.717) is 33.8 Å². The lowest BCUT2D eigenvalue weighted by Crippen LogP contribution is -2.39. The summed E-state index contributed by atoms with van der Waals surface area (Å²) in [5.74, 6) is -0.784. The van der Waals surface area contributed by atoms with Gasteiger partial charge in [0.25, 0.3) is 11.5 Å². The molecule has 1 aliphatic heterocycles. The predicted octanol–water partition coefficient (Wildman–Crippen LogP) is 4.87. The standard InChI is InChI=1S/C32H29ClN4O5/c1-18-13-21-15-23(10-12-25(21)30(40)34-18)35-31(41)28(14-20-7-5-4-6-8-20)37-29(39)17-27(32(36-37)42-3)26-16-22(33)9-11-24(26)19(2)38/h4-12,15-18,28H,13-14H2,1-3H3,(H,34,40)(H,35,41)/t18?,28-/m0/s1. The number of ether oxygens (including phenoxy) is 1. The summed E-state index contributed by atoms with van der Waals surface area (Å²) in [7, 11) is 1.40. The Morgan fingerprint density at radius 1 is 1.05 bits per heavy atom. The maximum Gasteiger partial charge on any atom is 0.268 e. The first-order chi connectivity index (χ1) is 20.1. The molecule has 2 amide bonds. The van der Waals surface area contributed by atoms with Crippen LogP contribution < -0.4 is 20.9 Å². The molecule has 4 aromatic rings. The number of halogens is 1. The fraction of sp³-hybridized carbons (Fsp3) is 0.219. The van der Waals surface area contributed by atoms with Crippen molar-refractivity contribution in [2.45, 2.75) is 38.8 Å². The van der Waals surface area contributed by atoms with Crippen LogP contribution in [-0.2, 0) is 17.6 Å². The van der Waals surface area contributed by atoms with Crippen molar-refractivity contribution in [3.05, 3.63) is 110 Å². The number of benzene rings is 3. The molecule has 0 saturated carbocycles. The molecule has 0 bridgehead atoms. The topological polar surface area (TPSA) is 119 Å². The number of amides is 2. The van der Waals surface area contributed by atoms with E-state index in [9.17, 15) is 19.2 Å². The number of ketones is 1. The number of fused-ring (bicyclic) bond motifs is 1. The number of rotatable bonds is 8. The van der Waals surface area contributed by atoms with Crippen molar-refractivity contribution < 1.29 is 19.1 Å². The van der Waals surface area contributed by atoms with Gasteiger partial charge in [-0.15, -0.1) is 5.10 Å². The number of carbonyl (C=O) groups excluding carboxylic acids is 3. The van der Waals surface area contributed by atoms with E-state index < -0.39 is 17.5 Å². The highest BCUT2D eigenvalue weighted by Gasteiger charge is 2.27. The lowest BCUT2D eigenvalue weighted by Gasteiger charge is -2.24. The molecule has 5 rings (SSSR count). The molecule has 214 valence electrons. The van der Waals surface area contributed by atoms with Crippen LogP contribution in [0.5, 0.6) is 5.88 Å². The van der Waals surface area contributed by atoms with E-state index in [-0.39, 0.29) is 35.6 Å². The van der Waals surface area contributed by atoms with Crippen LogP contribution in [0.2, 0.25) is 5.02 Å². The summed E-state index contributed by atoms with van der Waals surface area (Å²) in [5, 5.41) is 10.6. The lowest BCUT2D eigenvalue weighted by molar-refractivity contribution is -0.119. The molecule has 3 aromatic carbocycles. The lowest BCUT2D eigenvalue weighted by atomic mass is 9.95.